The lowest BCUT2D eigenvalue weighted by atomic mass is 10.2. The Morgan fingerprint density at radius 3 is 3.00 bits per heavy atom. The Kier molecular flexibility index (Phi) is 2.68. The number of aliphatic hydroxyl groups excluding tert-OH is 1. The minimum atomic E-state index is 0.216. The summed E-state index contributed by atoms with van der Waals surface area (Å²) in [6, 6.07) is 0.235. The Morgan fingerprint density at radius 2 is 2.60 bits per heavy atom. The van der Waals surface area contributed by atoms with Gasteiger partial charge in [-0.1, -0.05) is 6.92 Å². The van der Waals surface area contributed by atoms with Crippen LogP contribution in [0, 0.1) is 0 Å². The van der Waals surface area contributed by atoms with E-state index >= 15 is 0 Å². The van der Waals surface area contributed by atoms with E-state index in [0.717, 1.165) is 19.4 Å². The van der Waals surface area contributed by atoms with Gasteiger partial charge in [-0.3, -0.25) is 5.01 Å². The molecule has 0 saturated carbocycles. The summed E-state index contributed by atoms with van der Waals surface area (Å²) >= 11 is 0. The zero-order valence-corrected chi connectivity index (χ0v) is 6.32. The van der Waals surface area contributed by atoms with E-state index in [9.17, 15) is 0 Å². The molecule has 3 heteroatoms. The van der Waals surface area contributed by atoms with Crippen LogP contribution in [0.25, 0.3) is 0 Å². The molecule has 1 heterocycles. The lowest BCUT2D eigenvalue weighted by Crippen LogP contribution is -2.31. The third-order valence-electron chi connectivity index (χ3n) is 1.82. The number of rotatable bonds is 3. The fourth-order valence-corrected chi connectivity index (χ4v) is 1.12. The molecule has 0 amide bonds. The van der Waals surface area contributed by atoms with Crippen molar-refractivity contribution in [3.05, 3.63) is 0 Å². The maximum absolute atomic E-state index is 8.87. The van der Waals surface area contributed by atoms with E-state index in [1.165, 1.54) is 0 Å². The first-order chi connectivity index (χ1) is 4.88. The molecular formula is C7H14N2O. The van der Waals surface area contributed by atoms with Gasteiger partial charge in [-0.15, -0.1) is 0 Å². The number of hydrazone groups is 1. The molecule has 0 aromatic rings. The topological polar surface area (TPSA) is 35.8 Å². The molecule has 1 aliphatic heterocycles. The first-order valence-electron chi connectivity index (χ1n) is 3.78. The standard InChI is InChI=1S/C7H14N2O/c1-2-7(6-10)9-5-3-4-8-9/h4,7,10H,2-3,5-6H2,1H3. The average Bonchev–Trinajstić information content (AvgIpc) is 2.43. The largest absolute Gasteiger partial charge is 0.394 e. The average molecular weight is 142 g/mol. The monoisotopic (exact) mass is 142 g/mol. The molecular weight excluding hydrogens is 128 g/mol. The van der Waals surface area contributed by atoms with E-state index in [-0.39, 0.29) is 12.6 Å². The Labute approximate surface area is 61.3 Å². The van der Waals surface area contributed by atoms with Gasteiger partial charge in [0, 0.05) is 19.2 Å². The quantitative estimate of drug-likeness (QED) is 0.621. The van der Waals surface area contributed by atoms with E-state index < -0.39 is 0 Å². The smallest absolute Gasteiger partial charge is 0.0698 e. The van der Waals surface area contributed by atoms with Crippen LogP contribution in [0.1, 0.15) is 19.8 Å². The maximum atomic E-state index is 8.87. The van der Waals surface area contributed by atoms with Crippen LogP contribution in [0.15, 0.2) is 5.10 Å². The highest BCUT2D eigenvalue weighted by Crippen LogP contribution is 2.08. The van der Waals surface area contributed by atoms with Crippen LogP contribution >= 0.6 is 0 Å². The second-order valence-electron chi connectivity index (χ2n) is 2.49. The molecule has 0 aliphatic carbocycles. The van der Waals surface area contributed by atoms with Gasteiger partial charge in [0.2, 0.25) is 0 Å². The molecule has 1 rings (SSSR count). The second-order valence-corrected chi connectivity index (χ2v) is 2.49. The summed E-state index contributed by atoms with van der Waals surface area (Å²) in [7, 11) is 0. The SMILES string of the molecule is CCC(CO)N1CCC=N1. The van der Waals surface area contributed by atoms with Gasteiger partial charge in [0.05, 0.1) is 12.6 Å². The summed E-state index contributed by atoms with van der Waals surface area (Å²) in [6.45, 7) is 3.25. The lowest BCUT2D eigenvalue weighted by Gasteiger charge is -2.22. The van der Waals surface area contributed by atoms with Crippen LogP contribution < -0.4 is 0 Å². The summed E-state index contributed by atoms with van der Waals surface area (Å²) < 4.78 is 0. The molecule has 1 aliphatic rings. The van der Waals surface area contributed by atoms with Gasteiger partial charge in [-0.05, 0) is 6.42 Å². The number of aliphatic hydroxyl groups is 1. The summed E-state index contributed by atoms with van der Waals surface area (Å²) in [6.07, 6.45) is 3.89. The van der Waals surface area contributed by atoms with Gasteiger partial charge in [-0.2, -0.15) is 5.10 Å². The van der Waals surface area contributed by atoms with Crippen molar-refractivity contribution in [1.82, 2.24) is 5.01 Å². The van der Waals surface area contributed by atoms with Crippen LogP contribution in [0.3, 0.4) is 0 Å². The van der Waals surface area contributed by atoms with Crippen LogP contribution in [0.2, 0.25) is 0 Å². The third-order valence-corrected chi connectivity index (χ3v) is 1.82. The molecule has 3 nitrogen and oxygen atoms in total. The van der Waals surface area contributed by atoms with Gasteiger partial charge in [0.25, 0.3) is 0 Å². The zero-order valence-electron chi connectivity index (χ0n) is 6.32. The Hall–Kier alpha value is -0.570. The Bertz CT molecular complexity index is 121. The lowest BCUT2D eigenvalue weighted by molar-refractivity contribution is 0.134. The van der Waals surface area contributed by atoms with E-state index in [2.05, 4.69) is 12.0 Å². The minimum Gasteiger partial charge on any atom is -0.394 e. The molecule has 1 atom stereocenters. The van der Waals surface area contributed by atoms with Crippen LogP contribution in [-0.4, -0.2) is 35.5 Å². The predicted molar refractivity (Wildman–Crippen MR) is 41.0 cm³/mol. The van der Waals surface area contributed by atoms with Crippen molar-refractivity contribution in [2.45, 2.75) is 25.8 Å². The zero-order chi connectivity index (χ0) is 7.40. The van der Waals surface area contributed by atoms with Gasteiger partial charge in [0.15, 0.2) is 0 Å². The van der Waals surface area contributed by atoms with Crippen molar-refractivity contribution in [3.63, 3.8) is 0 Å². The molecule has 0 spiro atoms. The molecule has 0 radical (unpaired) electrons. The first-order valence-corrected chi connectivity index (χ1v) is 3.78. The first kappa shape index (κ1) is 7.54. The molecule has 0 aromatic carbocycles. The van der Waals surface area contributed by atoms with E-state index in [0.29, 0.717) is 0 Å². The van der Waals surface area contributed by atoms with Gasteiger partial charge in [0.1, 0.15) is 0 Å². The van der Waals surface area contributed by atoms with Crippen molar-refractivity contribution in [3.8, 4) is 0 Å². The van der Waals surface area contributed by atoms with E-state index in [1.54, 1.807) is 0 Å². The van der Waals surface area contributed by atoms with Gasteiger partial charge < -0.3 is 5.11 Å². The van der Waals surface area contributed by atoms with Crippen molar-refractivity contribution < 1.29 is 5.11 Å². The molecule has 0 saturated heterocycles. The summed E-state index contributed by atoms with van der Waals surface area (Å²) in [5.41, 5.74) is 0. The normalized spacial score (nSPS) is 20.0. The molecule has 1 unspecified atom stereocenters. The summed E-state index contributed by atoms with van der Waals surface area (Å²) in [5, 5.41) is 15.0. The van der Waals surface area contributed by atoms with Crippen LogP contribution in [0.5, 0.6) is 0 Å². The summed E-state index contributed by atoms with van der Waals surface area (Å²) in [5.74, 6) is 0. The molecule has 0 aromatic heterocycles. The number of hydrogen-bond donors (Lipinski definition) is 1. The highest BCUT2D eigenvalue weighted by atomic mass is 16.3. The number of nitrogens with zero attached hydrogens (tertiary/aromatic N) is 2. The van der Waals surface area contributed by atoms with Crippen molar-refractivity contribution in [1.29, 1.82) is 0 Å². The van der Waals surface area contributed by atoms with Crippen LogP contribution in [0.4, 0.5) is 0 Å². The van der Waals surface area contributed by atoms with Crippen molar-refractivity contribution >= 4 is 6.21 Å². The van der Waals surface area contributed by atoms with Gasteiger partial charge >= 0.3 is 0 Å². The molecule has 0 bridgehead atoms. The molecule has 58 valence electrons. The highest BCUT2D eigenvalue weighted by molar-refractivity contribution is 5.58. The molecule has 10 heavy (non-hydrogen) atoms. The second kappa shape index (κ2) is 3.56. The Morgan fingerprint density at radius 1 is 1.80 bits per heavy atom. The minimum absolute atomic E-state index is 0.216. The van der Waals surface area contributed by atoms with E-state index in [1.807, 2.05) is 11.2 Å². The summed E-state index contributed by atoms with van der Waals surface area (Å²) in [4.78, 5) is 0. The van der Waals surface area contributed by atoms with E-state index in [4.69, 9.17) is 5.11 Å². The van der Waals surface area contributed by atoms with Crippen molar-refractivity contribution in [2.75, 3.05) is 13.2 Å². The Balaban J connectivity index is 2.37. The van der Waals surface area contributed by atoms with Gasteiger partial charge in [-0.25, -0.2) is 0 Å². The number of hydrogen-bond acceptors (Lipinski definition) is 3. The fraction of sp³-hybridized carbons (Fsp3) is 0.857. The molecule has 0 fully saturated rings. The third kappa shape index (κ3) is 1.48. The fourth-order valence-electron chi connectivity index (χ4n) is 1.12. The molecule has 1 N–H and O–H groups in total. The van der Waals surface area contributed by atoms with Crippen molar-refractivity contribution in [2.24, 2.45) is 5.10 Å². The van der Waals surface area contributed by atoms with Crippen LogP contribution in [-0.2, 0) is 0 Å². The highest BCUT2D eigenvalue weighted by Gasteiger charge is 2.15. The maximum Gasteiger partial charge on any atom is 0.0698 e. The predicted octanol–water partition coefficient (Wildman–Crippen LogP) is 0.449.